The van der Waals surface area contributed by atoms with Gasteiger partial charge in [0.25, 0.3) is 0 Å². The van der Waals surface area contributed by atoms with E-state index in [-0.39, 0.29) is 49.1 Å². The molecule has 0 amide bonds. The fourth-order valence-electron chi connectivity index (χ4n) is 4.84. The van der Waals surface area contributed by atoms with Crippen molar-refractivity contribution in [2.24, 2.45) is 0 Å². The SMILES string of the molecule is CC/C=C/C=C/C=C/C=C/C=C/C=C/CCCCCC(=O)OCC(COCCC(C(=O)O)[N+](C)(C)C)OC(=O)CCCCC/C=C/C=C/C=C/C=C/CC. The lowest BCUT2D eigenvalue weighted by atomic mass is 10.1. The summed E-state index contributed by atoms with van der Waals surface area (Å²) in [5.74, 6) is -1.60. The van der Waals surface area contributed by atoms with Crippen LogP contribution in [0.4, 0.5) is 0 Å². The number of hydrogen-bond acceptors (Lipinski definition) is 6. The van der Waals surface area contributed by atoms with E-state index in [2.05, 4.69) is 38.2 Å². The number of hydrogen-bond donors (Lipinski definition) is 1. The number of carbonyl (C=O) groups excluding carboxylic acids is 2. The average molecular weight is 749 g/mol. The Hall–Kier alpha value is -4.27. The highest BCUT2D eigenvalue weighted by atomic mass is 16.6. The molecule has 0 aromatic rings. The van der Waals surface area contributed by atoms with Gasteiger partial charge in [0.2, 0.25) is 0 Å². The Bertz CT molecular complexity index is 1290. The number of quaternary nitrogens is 1. The van der Waals surface area contributed by atoms with Gasteiger partial charge in [0.1, 0.15) is 6.61 Å². The molecular formula is C46H70NO7+. The van der Waals surface area contributed by atoms with Crippen LogP contribution < -0.4 is 0 Å². The van der Waals surface area contributed by atoms with E-state index in [1.54, 1.807) is 0 Å². The Balaban J connectivity index is 4.60. The highest BCUT2D eigenvalue weighted by Gasteiger charge is 2.31. The van der Waals surface area contributed by atoms with Crippen LogP contribution in [0.5, 0.6) is 0 Å². The summed E-state index contributed by atoms with van der Waals surface area (Å²) in [5.41, 5.74) is 0. The van der Waals surface area contributed by atoms with Crippen molar-refractivity contribution in [1.29, 1.82) is 0 Å². The van der Waals surface area contributed by atoms with Crippen LogP contribution >= 0.6 is 0 Å². The summed E-state index contributed by atoms with van der Waals surface area (Å²) in [5, 5.41) is 9.59. The lowest BCUT2D eigenvalue weighted by molar-refractivity contribution is -0.887. The van der Waals surface area contributed by atoms with Gasteiger partial charge in [-0.05, 0) is 51.4 Å². The number of rotatable bonds is 32. The molecule has 0 spiro atoms. The molecule has 300 valence electrons. The van der Waals surface area contributed by atoms with Gasteiger partial charge in [0.15, 0.2) is 12.1 Å². The first-order valence-electron chi connectivity index (χ1n) is 19.7. The maximum atomic E-state index is 12.7. The van der Waals surface area contributed by atoms with Gasteiger partial charge < -0.3 is 23.8 Å². The predicted octanol–water partition coefficient (Wildman–Crippen LogP) is 10.3. The Morgan fingerprint density at radius 2 is 0.981 bits per heavy atom. The molecule has 0 saturated carbocycles. The van der Waals surface area contributed by atoms with Crippen LogP contribution in [0, 0.1) is 0 Å². The molecule has 0 aliphatic heterocycles. The third-order valence-corrected chi connectivity index (χ3v) is 7.86. The second-order valence-electron chi connectivity index (χ2n) is 13.7. The van der Waals surface area contributed by atoms with E-state index < -0.39 is 18.1 Å². The molecule has 8 nitrogen and oxygen atoms in total. The van der Waals surface area contributed by atoms with E-state index in [4.69, 9.17) is 14.2 Å². The van der Waals surface area contributed by atoms with Crippen LogP contribution in [-0.2, 0) is 28.6 Å². The number of aliphatic carboxylic acids is 1. The molecule has 54 heavy (non-hydrogen) atoms. The molecule has 0 heterocycles. The molecule has 2 unspecified atom stereocenters. The van der Waals surface area contributed by atoms with E-state index >= 15 is 0 Å². The van der Waals surface area contributed by atoms with Gasteiger partial charge in [-0.3, -0.25) is 9.59 Å². The number of unbranched alkanes of at least 4 members (excludes halogenated alkanes) is 6. The number of nitrogens with zero attached hydrogens (tertiary/aromatic N) is 1. The number of carbonyl (C=O) groups is 3. The normalized spacial score (nSPS) is 14.3. The van der Waals surface area contributed by atoms with Crippen molar-refractivity contribution in [3.05, 3.63) is 122 Å². The molecular weight excluding hydrogens is 679 g/mol. The van der Waals surface area contributed by atoms with Crippen LogP contribution in [0.3, 0.4) is 0 Å². The smallest absolute Gasteiger partial charge is 0.362 e. The third kappa shape index (κ3) is 33.6. The van der Waals surface area contributed by atoms with Crippen molar-refractivity contribution in [3.63, 3.8) is 0 Å². The van der Waals surface area contributed by atoms with Crippen molar-refractivity contribution in [2.45, 2.75) is 109 Å². The molecule has 0 radical (unpaired) electrons. The van der Waals surface area contributed by atoms with E-state index in [1.165, 1.54) is 0 Å². The van der Waals surface area contributed by atoms with Crippen LogP contribution in [0.25, 0.3) is 0 Å². The summed E-state index contributed by atoms with van der Waals surface area (Å²) in [7, 11) is 5.47. The molecule has 1 N–H and O–H groups in total. The predicted molar refractivity (Wildman–Crippen MR) is 224 cm³/mol. The van der Waals surface area contributed by atoms with Crippen LogP contribution in [0.1, 0.15) is 97.3 Å². The zero-order valence-electron chi connectivity index (χ0n) is 33.9. The zero-order chi connectivity index (χ0) is 40.0. The van der Waals surface area contributed by atoms with Gasteiger partial charge >= 0.3 is 17.9 Å². The lowest BCUT2D eigenvalue weighted by Crippen LogP contribution is -2.50. The van der Waals surface area contributed by atoms with Crippen molar-refractivity contribution in [1.82, 2.24) is 0 Å². The van der Waals surface area contributed by atoms with Gasteiger partial charge in [0, 0.05) is 19.3 Å². The summed E-state index contributed by atoms with van der Waals surface area (Å²) in [4.78, 5) is 36.8. The fraction of sp³-hybridized carbons (Fsp3) is 0.500. The van der Waals surface area contributed by atoms with Gasteiger partial charge in [0.05, 0.1) is 34.4 Å². The number of carboxylic acids is 1. The molecule has 0 aliphatic rings. The maximum Gasteiger partial charge on any atom is 0.362 e. The maximum absolute atomic E-state index is 12.7. The monoisotopic (exact) mass is 749 g/mol. The van der Waals surface area contributed by atoms with Crippen molar-refractivity contribution in [2.75, 3.05) is 41.0 Å². The molecule has 0 bridgehead atoms. The Morgan fingerprint density at radius 3 is 1.41 bits per heavy atom. The van der Waals surface area contributed by atoms with Crippen LogP contribution in [0.15, 0.2) is 122 Å². The molecule has 8 heteroatoms. The fourth-order valence-corrected chi connectivity index (χ4v) is 4.84. The zero-order valence-corrected chi connectivity index (χ0v) is 33.9. The standard InChI is InChI=1S/C46H69NO7/c1-6-8-10-12-14-16-18-20-21-22-23-25-26-28-30-32-34-36-44(48)53-41-42(40-52-39-38-43(46(50)51)47(3,4)5)54-45(49)37-35-33-31-29-27-24-19-17-15-13-11-9-7-2/h8-27,42-43H,6-7,28-41H2,1-5H3/p+1/b10-8+,11-9+,14-12+,15-13+,18-16+,19-17+,21-20+,23-22+,26-25+,27-24+. The second kappa shape index (κ2) is 35.7. The molecule has 0 saturated heterocycles. The topological polar surface area (TPSA) is 99.1 Å². The number of ether oxygens (including phenoxy) is 3. The first kappa shape index (κ1) is 49.7. The number of allylic oxidation sites excluding steroid dienone is 20. The highest BCUT2D eigenvalue weighted by molar-refractivity contribution is 5.72. The lowest BCUT2D eigenvalue weighted by Gasteiger charge is -2.31. The van der Waals surface area contributed by atoms with E-state index in [9.17, 15) is 19.5 Å². The molecule has 0 aliphatic carbocycles. The minimum atomic E-state index is -0.897. The quantitative estimate of drug-likeness (QED) is 0.0316. The molecule has 0 aromatic carbocycles. The van der Waals surface area contributed by atoms with Crippen molar-refractivity contribution in [3.8, 4) is 0 Å². The minimum absolute atomic E-state index is 0.0203. The van der Waals surface area contributed by atoms with Gasteiger partial charge in [-0.1, -0.05) is 148 Å². The van der Waals surface area contributed by atoms with E-state index in [1.807, 2.05) is 118 Å². The molecule has 0 aromatic heterocycles. The summed E-state index contributed by atoms with van der Waals surface area (Å²) in [6.07, 6.45) is 49.6. The van der Waals surface area contributed by atoms with Gasteiger partial charge in [-0.15, -0.1) is 0 Å². The minimum Gasteiger partial charge on any atom is -0.477 e. The number of likely N-dealkylation sites (N-methyl/N-ethyl adjacent to an activating group) is 1. The largest absolute Gasteiger partial charge is 0.477 e. The average Bonchev–Trinajstić information content (AvgIpc) is 3.12. The Kier molecular flexibility index (Phi) is 32.9. The Morgan fingerprint density at radius 1 is 0.556 bits per heavy atom. The van der Waals surface area contributed by atoms with Gasteiger partial charge in [-0.2, -0.15) is 0 Å². The van der Waals surface area contributed by atoms with Crippen molar-refractivity contribution >= 4 is 17.9 Å². The van der Waals surface area contributed by atoms with Crippen LogP contribution in [0.2, 0.25) is 0 Å². The van der Waals surface area contributed by atoms with E-state index in [0.717, 1.165) is 51.4 Å². The summed E-state index contributed by atoms with van der Waals surface area (Å²) >= 11 is 0. The summed E-state index contributed by atoms with van der Waals surface area (Å²) in [6.45, 7) is 4.31. The molecule has 2 atom stereocenters. The second-order valence-corrected chi connectivity index (χ2v) is 13.7. The number of carboxylic acid groups (broad SMARTS) is 1. The third-order valence-electron chi connectivity index (χ3n) is 7.86. The number of esters is 2. The Labute approximate surface area is 327 Å². The highest BCUT2D eigenvalue weighted by Crippen LogP contribution is 2.11. The first-order chi connectivity index (χ1) is 26.1. The van der Waals surface area contributed by atoms with E-state index in [0.29, 0.717) is 19.3 Å². The van der Waals surface area contributed by atoms with Gasteiger partial charge in [-0.25, -0.2) is 4.79 Å². The van der Waals surface area contributed by atoms with Crippen LogP contribution in [-0.4, -0.2) is 80.6 Å². The summed E-state index contributed by atoms with van der Waals surface area (Å²) in [6, 6.07) is -0.637. The molecule has 0 rings (SSSR count). The summed E-state index contributed by atoms with van der Waals surface area (Å²) < 4.78 is 17.1. The first-order valence-corrected chi connectivity index (χ1v) is 19.7. The van der Waals surface area contributed by atoms with Crippen molar-refractivity contribution < 1.29 is 38.2 Å². The molecule has 0 fully saturated rings.